The van der Waals surface area contributed by atoms with Gasteiger partial charge in [-0.25, -0.2) is 17.1 Å². The van der Waals surface area contributed by atoms with Gasteiger partial charge in [0, 0.05) is 51.4 Å². The predicted octanol–water partition coefficient (Wildman–Crippen LogP) is 3.38. The quantitative estimate of drug-likeness (QED) is 0.571. The lowest BCUT2D eigenvalue weighted by molar-refractivity contribution is 0.0829. The van der Waals surface area contributed by atoms with Crippen molar-refractivity contribution in [3.63, 3.8) is 0 Å². The van der Waals surface area contributed by atoms with Gasteiger partial charge in [0.15, 0.2) is 0 Å². The Labute approximate surface area is 193 Å². The summed E-state index contributed by atoms with van der Waals surface area (Å²) >= 11 is 0. The fourth-order valence-electron chi connectivity index (χ4n) is 3.88. The van der Waals surface area contributed by atoms with E-state index in [9.17, 15) is 17.6 Å². The van der Waals surface area contributed by atoms with Crippen LogP contribution in [0.25, 0.3) is 22.0 Å². The molecule has 1 aromatic heterocycles. The Bertz CT molecular complexity index is 1340. The average molecular weight is 473 g/mol. The summed E-state index contributed by atoms with van der Waals surface area (Å²) in [4.78, 5) is 14.6. The van der Waals surface area contributed by atoms with Gasteiger partial charge in [0.25, 0.3) is 5.91 Å². The molecular weight excluding hydrogens is 443 g/mol. The molecule has 3 rings (SSSR count). The summed E-state index contributed by atoms with van der Waals surface area (Å²) in [6, 6.07) is 12.0. The highest BCUT2D eigenvalue weighted by atomic mass is 32.2. The average Bonchev–Trinajstić information content (AvgIpc) is 3.04. The number of allylic oxidation sites excluding steroid dienone is 1. The number of amides is 1. The Hall–Kier alpha value is -3.01. The minimum atomic E-state index is -3.64. The van der Waals surface area contributed by atoms with Crippen molar-refractivity contribution in [1.29, 1.82) is 0 Å². The van der Waals surface area contributed by atoms with Crippen molar-refractivity contribution in [3.8, 4) is 11.1 Å². The molecule has 9 heteroatoms. The van der Waals surface area contributed by atoms with E-state index < -0.39 is 15.9 Å². The van der Waals surface area contributed by atoms with Gasteiger partial charge in [-0.1, -0.05) is 24.3 Å². The normalized spacial score (nSPS) is 12.5. The summed E-state index contributed by atoms with van der Waals surface area (Å²) in [6.07, 6.45) is 1.30. The van der Waals surface area contributed by atoms with E-state index in [1.54, 1.807) is 42.9 Å². The van der Waals surface area contributed by atoms with E-state index in [1.165, 1.54) is 31.1 Å². The van der Waals surface area contributed by atoms with Gasteiger partial charge < -0.3 is 15.2 Å². The molecule has 0 saturated heterocycles. The fourth-order valence-corrected chi connectivity index (χ4v) is 4.82. The molecule has 0 atom stereocenters. The number of halogens is 1. The second-order valence-electron chi connectivity index (χ2n) is 8.15. The lowest BCUT2D eigenvalue weighted by atomic mass is 10.0. The Morgan fingerprint density at radius 2 is 1.79 bits per heavy atom. The van der Waals surface area contributed by atoms with Crippen LogP contribution in [0.4, 0.5) is 4.39 Å². The molecule has 2 aromatic carbocycles. The van der Waals surface area contributed by atoms with Crippen LogP contribution in [0.15, 0.2) is 59.3 Å². The van der Waals surface area contributed by atoms with E-state index in [-0.39, 0.29) is 23.9 Å². The van der Waals surface area contributed by atoms with Gasteiger partial charge >= 0.3 is 0 Å². The molecule has 33 heavy (non-hydrogen) atoms. The van der Waals surface area contributed by atoms with Crippen molar-refractivity contribution in [1.82, 2.24) is 13.8 Å². The van der Waals surface area contributed by atoms with Gasteiger partial charge in [0.05, 0.1) is 22.5 Å². The Morgan fingerprint density at radius 3 is 2.39 bits per heavy atom. The lowest BCUT2D eigenvalue weighted by Gasteiger charge is -2.14. The van der Waals surface area contributed by atoms with Crippen LogP contribution in [0.2, 0.25) is 0 Å². The van der Waals surface area contributed by atoms with Crippen molar-refractivity contribution in [2.24, 2.45) is 5.73 Å². The first-order valence-electron chi connectivity index (χ1n) is 10.4. The number of fused-ring (bicyclic) bond motifs is 1. The van der Waals surface area contributed by atoms with Crippen LogP contribution in [0, 0.1) is 6.92 Å². The third kappa shape index (κ3) is 4.57. The number of para-hydroxylation sites is 1. The minimum absolute atomic E-state index is 0.0604. The molecule has 176 valence electrons. The van der Waals surface area contributed by atoms with E-state index in [1.807, 2.05) is 19.1 Å². The first kappa shape index (κ1) is 24.6. The van der Waals surface area contributed by atoms with Crippen molar-refractivity contribution >= 4 is 26.8 Å². The van der Waals surface area contributed by atoms with Gasteiger partial charge in [0.1, 0.15) is 5.83 Å². The molecule has 2 N–H and O–H groups in total. The zero-order valence-corrected chi connectivity index (χ0v) is 20.3. The predicted molar refractivity (Wildman–Crippen MR) is 129 cm³/mol. The second kappa shape index (κ2) is 9.46. The highest BCUT2D eigenvalue weighted by molar-refractivity contribution is 7.89. The highest BCUT2D eigenvalue weighted by Crippen LogP contribution is 2.38. The van der Waals surface area contributed by atoms with Gasteiger partial charge in [-0.15, -0.1) is 0 Å². The highest BCUT2D eigenvalue weighted by Gasteiger charge is 2.24. The standard InChI is InChI=1S/C24H29FN4O3S/c1-16-22(17-8-6-9-19(14-17)33(31,32)28(4)5)20-10-7-11-21(24(30)27(2)3)23(20)29(16)15-18(25)12-13-26/h6-12,14H,13,15,26H2,1-5H3/b18-12-. The largest absolute Gasteiger partial charge is 0.345 e. The summed E-state index contributed by atoms with van der Waals surface area (Å²) in [5.41, 5.74) is 8.63. The number of hydrogen-bond donors (Lipinski definition) is 1. The molecule has 0 aliphatic rings. The molecule has 3 aromatic rings. The number of nitrogens with zero attached hydrogens (tertiary/aromatic N) is 3. The monoisotopic (exact) mass is 472 g/mol. The number of rotatable bonds is 7. The number of carbonyl (C=O) groups is 1. The lowest BCUT2D eigenvalue weighted by Crippen LogP contribution is -2.22. The molecule has 0 unspecified atom stereocenters. The molecule has 7 nitrogen and oxygen atoms in total. The third-order valence-corrected chi connectivity index (χ3v) is 7.34. The molecule has 0 fully saturated rings. The van der Waals surface area contributed by atoms with Crippen molar-refractivity contribution in [3.05, 3.63) is 65.6 Å². The fraction of sp³-hybridized carbons (Fsp3) is 0.292. The number of aromatic nitrogens is 1. The maximum absolute atomic E-state index is 14.6. The van der Waals surface area contributed by atoms with E-state index >= 15 is 0 Å². The molecule has 0 spiro atoms. The van der Waals surface area contributed by atoms with Crippen molar-refractivity contribution in [2.45, 2.75) is 18.4 Å². The summed E-state index contributed by atoms with van der Waals surface area (Å²) in [5.74, 6) is -0.627. The van der Waals surface area contributed by atoms with Gasteiger partial charge in [-0.2, -0.15) is 0 Å². The Morgan fingerprint density at radius 1 is 1.12 bits per heavy atom. The SMILES string of the molecule is Cc1c(-c2cccc(S(=O)(=O)N(C)C)c2)c2cccc(C(=O)N(C)C)c2n1C/C(F)=C/CN. The topological polar surface area (TPSA) is 88.6 Å². The van der Waals surface area contributed by atoms with Crippen LogP contribution < -0.4 is 5.73 Å². The molecule has 1 amide bonds. The van der Waals surface area contributed by atoms with Crippen LogP contribution in [0.1, 0.15) is 16.1 Å². The zero-order valence-electron chi connectivity index (χ0n) is 19.5. The van der Waals surface area contributed by atoms with Gasteiger partial charge in [-0.3, -0.25) is 4.79 Å². The molecule has 0 aliphatic carbocycles. The van der Waals surface area contributed by atoms with Crippen LogP contribution in [-0.2, 0) is 16.6 Å². The van der Waals surface area contributed by atoms with Crippen LogP contribution in [-0.4, -0.2) is 62.8 Å². The Balaban J connectivity index is 2.37. The first-order valence-corrected chi connectivity index (χ1v) is 11.9. The number of carbonyl (C=O) groups excluding carboxylic acids is 1. The summed E-state index contributed by atoms with van der Waals surface area (Å²) < 4.78 is 42.9. The van der Waals surface area contributed by atoms with Crippen LogP contribution in [0.5, 0.6) is 0 Å². The summed E-state index contributed by atoms with van der Waals surface area (Å²) in [6.45, 7) is 1.81. The van der Waals surface area contributed by atoms with E-state index in [0.717, 1.165) is 15.3 Å². The van der Waals surface area contributed by atoms with Gasteiger partial charge in [0.2, 0.25) is 10.0 Å². The molecular formula is C24H29FN4O3S. The molecule has 0 radical (unpaired) electrons. The third-order valence-electron chi connectivity index (χ3n) is 5.53. The molecule has 0 aliphatic heterocycles. The number of benzene rings is 2. The second-order valence-corrected chi connectivity index (χ2v) is 10.3. The van der Waals surface area contributed by atoms with Crippen molar-refractivity contribution < 1.29 is 17.6 Å². The number of nitrogens with two attached hydrogens (primary N) is 1. The molecule has 0 saturated carbocycles. The van der Waals surface area contributed by atoms with Crippen LogP contribution >= 0.6 is 0 Å². The van der Waals surface area contributed by atoms with Crippen LogP contribution in [0.3, 0.4) is 0 Å². The maximum atomic E-state index is 14.6. The van der Waals surface area contributed by atoms with Gasteiger partial charge in [-0.05, 0) is 36.8 Å². The molecule has 1 heterocycles. The number of hydrogen-bond acceptors (Lipinski definition) is 4. The van der Waals surface area contributed by atoms with E-state index in [2.05, 4.69) is 0 Å². The first-order chi connectivity index (χ1) is 15.5. The summed E-state index contributed by atoms with van der Waals surface area (Å²) in [5, 5.41) is 0.736. The van der Waals surface area contributed by atoms with Crippen molar-refractivity contribution in [2.75, 3.05) is 34.7 Å². The number of sulfonamides is 1. The zero-order chi connectivity index (χ0) is 24.5. The Kier molecular flexibility index (Phi) is 7.06. The smallest absolute Gasteiger partial charge is 0.255 e. The summed E-state index contributed by atoms with van der Waals surface area (Å²) in [7, 11) is 2.63. The van der Waals surface area contributed by atoms with E-state index in [0.29, 0.717) is 22.3 Å². The maximum Gasteiger partial charge on any atom is 0.255 e. The minimum Gasteiger partial charge on any atom is -0.345 e. The molecule has 0 bridgehead atoms. The van der Waals surface area contributed by atoms with E-state index in [4.69, 9.17) is 5.73 Å².